The number of ether oxygens (including phenoxy) is 2. The lowest BCUT2D eigenvalue weighted by molar-refractivity contribution is 0.0471. The van der Waals surface area contributed by atoms with Gasteiger partial charge in [0.15, 0.2) is 12.4 Å². The van der Waals surface area contributed by atoms with Crippen LogP contribution < -0.4 is 4.74 Å². The second-order valence-corrected chi connectivity index (χ2v) is 5.26. The van der Waals surface area contributed by atoms with Crippen LogP contribution in [0.3, 0.4) is 0 Å². The number of esters is 1. The third-order valence-electron chi connectivity index (χ3n) is 3.73. The molecule has 0 N–H and O–H groups in total. The van der Waals surface area contributed by atoms with E-state index in [4.69, 9.17) is 9.47 Å². The Balaban J connectivity index is 1.71. The minimum atomic E-state index is -0.582. The highest BCUT2D eigenvalue weighted by atomic mass is 16.5. The summed E-state index contributed by atoms with van der Waals surface area (Å²) in [5.74, 6) is -0.411. The summed E-state index contributed by atoms with van der Waals surface area (Å²) in [4.78, 5) is 24.4. The fraction of sp³-hybridized carbons (Fsp3) is 0.100. The van der Waals surface area contributed by atoms with E-state index in [9.17, 15) is 9.59 Å². The minimum Gasteiger partial charge on any atom is -0.496 e. The van der Waals surface area contributed by atoms with E-state index < -0.39 is 5.97 Å². The van der Waals surface area contributed by atoms with Gasteiger partial charge in [0.05, 0.1) is 7.11 Å². The van der Waals surface area contributed by atoms with E-state index in [1.807, 2.05) is 30.3 Å². The number of para-hydroxylation sites is 1. The first-order valence-corrected chi connectivity index (χ1v) is 7.51. The molecule has 120 valence electrons. The molecule has 0 aliphatic carbocycles. The normalized spacial score (nSPS) is 10.4. The molecule has 0 saturated heterocycles. The van der Waals surface area contributed by atoms with Crippen LogP contribution in [-0.4, -0.2) is 25.5 Å². The van der Waals surface area contributed by atoms with E-state index in [-0.39, 0.29) is 12.4 Å². The van der Waals surface area contributed by atoms with Crippen LogP contribution in [0.2, 0.25) is 0 Å². The van der Waals surface area contributed by atoms with Crippen molar-refractivity contribution in [3.8, 4) is 5.75 Å². The first kappa shape index (κ1) is 15.7. The summed E-state index contributed by atoms with van der Waals surface area (Å²) in [6, 6.07) is 19.9. The lowest BCUT2D eigenvalue weighted by Gasteiger charge is -2.08. The Morgan fingerprint density at radius 2 is 1.58 bits per heavy atom. The Morgan fingerprint density at radius 3 is 2.38 bits per heavy atom. The summed E-state index contributed by atoms with van der Waals surface area (Å²) in [5, 5.41) is 2.03. The van der Waals surface area contributed by atoms with Gasteiger partial charge in [-0.05, 0) is 29.0 Å². The molecule has 4 heteroatoms. The van der Waals surface area contributed by atoms with Gasteiger partial charge in [0.25, 0.3) is 0 Å². The van der Waals surface area contributed by atoms with Crippen LogP contribution >= 0.6 is 0 Å². The van der Waals surface area contributed by atoms with Crippen LogP contribution in [0.1, 0.15) is 20.7 Å². The van der Waals surface area contributed by atoms with Gasteiger partial charge in [0.2, 0.25) is 0 Å². The lowest BCUT2D eigenvalue weighted by atomic mass is 10.0. The molecule has 0 saturated carbocycles. The zero-order valence-electron chi connectivity index (χ0n) is 13.2. The van der Waals surface area contributed by atoms with Crippen LogP contribution in [0, 0.1) is 0 Å². The highest BCUT2D eigenvalue weighted by Gasteiger charge is 2.15. The first-order valence-electron chi connectivity index (χ1n) is 7.51. The van der Waals surface area contributed by atoms with Crippen LogP contribution in [-0.2, 0) is 4.74 Å². The van der Waals surface area contributed by atoms with Gasteiger partial charge in [0, 0.05) is 5.56 Å². The van der Waals surface area contributed by atoms with Crippen molar-refractivity contribution >= 4 is 22.5 Å². The molecule has 0 heterocycles. The predicted molar refractivity (Wildman–Crippen MR) is 91.6 cm³/mol. The third-order valence-corrected chi connectivity index (χ3v) is 3.73. The highest BCUT2D eigenvalue weighted by Crippen LogP contribution is 2.19. The summed E-state index contributed by atoms with van der Waals surface area (Å²) in [5.41, 5.74) is 0.813. The van der Waals surface area contributed by atoms with Gasteiger partial charge < -0.3 is 9.47 Å². The van der Waals surface area contributed by atoms with E-state index in [0.717, 1.165) is 10.8 Å². The molecule has 0 atom stereocenters. The average Bonchev–Trinajstić information content (AvgIpc) is 2.65. The first-order chi connectivity index (χ1) is 11.7. The van der Waals surface area contributed by atoms with Crippen molar-refractivity contribution in [3.05, 3.63) is 77.9 Å². The van der Waals surface area contributed by atoms with Gasteiger partial charge >= 0.3 is 5.97 Å². The van der Waals surface area contributed by atoms with Crippen LogP contribution in [0.4, 0.5) is 0 Å². The topological polar surface area (TPSA) is 52.6 Å². The van der Waals surface area contributed by atoms with E-state index in [1.54, 1.807) is 36.4 Å². The number of carbonyl (C=O) groups excluding carboxylic acids is 2. The number of methoxy groups -OCH3 is 1. The number of hydrogen-bond donors (Lipinski definition) is 0. The van der Waals surface area contributed by atoms with Crippen molar-refractivity contribution in [2.75, 3.05) is 13.7 Å². The van der Waals surface area contributed by atoms with Crippen molar-refractivity contribution in [2.24, 2.45) is 0 Å². The van der Waals surface area contributed by atoms with E-state index >= 15 is 0 Å². The Morgan fingerprint density at radius 1 is 0.875 bits per heavy atom. The standard InChI is InChI=1S/C20H16O4/c1-23-19-9-5-4-8-17(19)20(22)24-13-18(21)16-11-10-14-6-2-3-7-15(14)12-16/h2-12H,13H2,1H3. The van der Waals surface area contributed by atoms with Crippen LogP contribution in [0.5, 0.6) is 5.75 Å². The number of Topliss-reactive ketones (excluding diaryl/α,β-unsaturated/α-hetero) is 1. The molecule has 3 rings (SSSR count). The molecule has 0 radical (unpaired) electrons. The molecule has 3 aromatic rings. The summed E-state index contributed by atoms with van der Waals surface area (Å²) in [6.07, 6.45) is 0. The van der Waals surface area contributed by atoms with Crippen molar-refractivity contribution in [3.63, 3.8) is 0 Å². The van der Waals surface area contributed by atoms with E-state index in [2.05, 4.69) is 0 Å². The minimum absolute atomic E-state index is 0.246. The number of benzene rings is 3. The second kappa shape index (κ2) is 6.96. The maximum atomic E-state index is 12.3. The maximum absolute atomic E-state index is 12.3. The molecule has 3 aromatic carbocycles. The lowest BCUT2D eigenvalue weighted by Crippen LogP contribution is -2.15. The van der Waals surface area contributed by atoms with Gasteiger partial charge in [-0.25, -0.2) is 4.79 Å². The van der Waals surface area contributed by atoms with Gasteiger partial charge in [0.1, 0.15) is 11.3 Å². The molecule has 0 aromatic heterocycles. The number of rotatable bonds is 5. The summed E-state index contributed by atoms with van der Waals surface area (Å²) in [6.45, 7) is -0.310. The SMILES string of the molecule is COc1ccccc1C(=O)OCC(=O)c1ccc2ccccc2c1. The van der Waals surface area contributed by atoms with Gasteiger partial charge in [-0.3, -0.25) is 4.79 Å². The molecule has 24 heavy (non-hydrogen) atoms. The molecule has 0 bridgehead atoms. The molecular weight excluding hydrogens is 304 g/mol. The quantitative estimate of drug-likeness (QED) is 0.529. The molecule has 0 unspecified atom stereocenters. The van der Waals surface area contributed by atoms with Crippen molar-refractivity contribution in [2.45, 2.75) is 0 Å². The smallest absolute Gasteiger partial charge is 0.342 e. The number of fused-ring (bicyclic) bond motifs is 1. The van der Waals surface area contributed by atoms with Crippen molar-refractivity contribution < 1.29 is 19.1 Å². The zero-order chi connectivity index (χ0) is 16.9. The number of ketones is 1. The van der Waals surface area contributed by atoms with Gasteiger partial charge in [-0.1, -0.05) is 48.5 Å². The Kier molecular flexibility index (Phi) is 4.57. The zero-order valence-corrected chi connectivity index (χ0v) is 13.2. The van der Waals surface area contributed by atoms with E-state index in [0.29, 0.717) is 16.9 Å². The van der Waals surface area contributed by atoms with Crippen molar-refractivity contribution in [1.29, 1.82) is 0 Å². The fourth-order valence-corrected chi connectivity index (χ4v) is 2.47. The molecular formula is C20H16O4. The second-order valence-electron chi connectivity index (χ2n) is 5.26. The molecule has 0 amide bonds. The maximum Gasteiger partial charge on any atom is 0.342 e. The van der Waals surface area contributed by atoms with Gasteiger partial charge in [-0.15, -0.1) is 0 Å². The van der Waals surface area contributed by atoms with E-state index in [1.165, 1.54) is 7.11 Å². The largest absolute Gasteiger partial charge is 0.496 e. The summed E-state index contributed by atoms with van der Waals surface area (Å²) >= 11 is 0. The Bertz CT molecular complexity index is 899. The number of carbonyl (C=O) groups is 2. The van der Waals surface area contributed by atoms with Gasteiger partial charge in [-0.2, -0.15) is 0 Å². The molecule has 0 spiro atoms. The molecule has 0 aliphatic heterocycles. The third kappa shape index (κ3) is 3.27. The fourth-order valence-electron chi connectivity index (χ4n) is 2.47. The highest BCUT2D eigenvalue weighted by molar-refractivity contribution is 6.02. The Hall–Kier alpha value is -3.14. The van der Waals surface area contributed by atoms with Crippen LogP contribution in [0.25, 0.3) is 10.8 Å². The van der Waals surface area contributed by atoms with Crippen molar-refractivity contribution in [1.82, 2.24) is 0 Å². The van der Waals surface area contributed by atoms with Crippen LogP contribution in [0.15, 0.2) is 66.7 Å². The number of hydrogen-bond acceptors (Lipinski definition) is 4. The molecule has 0 fully saturated rings. The average molecular weight is 320 g/mol. The summed E-state index contributed by atoms with van der Waals surface area (Å²) in [7, 11) is 1.48. The Labute approximate surface area is 139 Å². The molecule has 4 nitrogen and oxygen atoms in total. The summed E-state index contributed by atoms with van der Waals surface area (Å²) < 4.78 is 10.3. The molecule has 0 aliphatic rings. The monoisotopic (exact) mass is 320 g/mol. The predicted octanol–water partition coefficient (Wildman–Crippen LogP) is 3.89.